The van der Waals surface area contributed by atoms with Crippen LogP contribution in [0.3, 0.4) is 0 Å². The van der Waals surface area contributed by atoms with Crippen molar-refractivity contribution in [2.75, 3.05) is 0 Å². The van der Waals surface area contributed by atoms with Gasteiger partial charge in [0, 0.05) is 0 Å². The molecule has 1 aromatic heterocycles. The molecule has 1 heterocycles. The zero-order valence-electron chi connectivity index (χ0n) is 9.24. The Kier molecular flexibility index (Phi) is 3.33. The molecule has 0 aliphatic carbocycles. The van der Waals surface area contributed by atoms with Crippen molar-refractivity contribution in [3.63, 3.8) is 0 Å². The van der Waals surface area contributed by atoms with Crippen LogP contribution in [0.15, 0.2) is 28.8 Å². The van der Waals surface area contributed by atoms with E-state index < -0.39 is 11.7 Å². The van der Waals surface area contributed by atoms with Crippen LogP contribution >= 0.6 is 0 Å². The van der Waals surface area contributed by atoms with Crippen LogP contribution in [0.1, 0.15) is 22.8 Å². The Balaban J connectivity index is 2.29. The number of benzene rings is 1. The van der Waals surface area contributed by atoms with E-state index in [4.69, 9.17) is 10.3 Å². The standard InChI is InChI=1S/C11H10F3N3O/c12-11(13,14)8-4-2-1-3-7(8)5-10-16-9(6-15)17-18-10/h1-4H,5-6,15H2. The van der Waals surface area contributed by atoms with Crippen molar-refractivity contribution in [3.8, 4) is 0 Å². The van der Waals surface area contributed by atoms with E-state index in [1.165, 1.54) is 18.2 Å². The van der Waals surface area contributed by atoms with Gasteiger partial charge in [-0.05, 0) is 11.6 Å². The molecular weight excluding hydrogens is 247 g/mol. The first-order valence-corrected chi connectivity index (χ1v) is 5.17. The molecule has 4 nitrogen and oxygen atoms in total. The molecule has 2 aromatic rings. The van der Waals surface area contributed by atoms with E-state index in [1.54, 1.807) is 0 Å². The molecule has 0 spiro atoms. The highest BCUT2D eigenvalue weighted by Crippen LogP contribution is 2.32. The van der Waals surface area contributed by atoms with Gasteiger partial charge in [-0.25, -0.2) is 0 Å². The van der Waals surface area contributed by atoms with Gasteiger partial charge in [0.15, 0.2) is 5.82 Å². The smallest absolute Gasteiger partial charge is 0.339 e. The van der Waals surface area contributed by atoms with Crippen molar-refractivity contribution < 1.29 is 17.7 Å². The number of alkyl halides is 3. The summed E-state index contributed by atoms with van der Waals surface area (Å²) in [4.78, 5) is 3.88. The fraction of sp³-hybridized carbons (Fsp3) is 0.273. The molecule has 0 radical (unpaired) electrons. The molecule has 2 N–H and O–H groups in total. The monoisotopic (exact) mass is 257 g/mol. The van der Waals surface area contributed by atoms with Crippen LogP contribution in [0.5, 0.6) is 0 Å². The molecule has 0 unspecified atom stereocenters. The summed E-state index contributed by atoms with van der Waals surface area (Å²) >= 11 is 0. The Morgan fingerprint density at radius 1 is 1.22 bits per heavy atom. The predicted molar refractivity (Wildman–Crippen MR) is 56.4 cm³/mol. The van der Waals surface area contributed by atoms with Crippen molar-refractivity contribution in [2.24, 2.45) is 5.73 Å². The summed E-state index contributed by atoms with van der Waals surface area (Å²) < 4.78 is 43.0. The lowest BCUT2D eigenvalue weighted by molar-refractivity contribution is -0.138. The number of aromatic nitrogens is 2. The lowest BCUT2D eigenvalue weighted by atomic mass is 10.0. The zero-order valence-corrected chi connectivity index (χ0v) is 9.24. The fourth-order valence-corrected chi connectivity index (χ4v) is 1.56. The summed E-state index contributed by atoms with van der Waals surface area (Å²) in [6.07, 6.45) is -4.46. The largest absolute Gasteiger partial charge is 0.416 e. The van der Waals surface area contributed by atoms with Crippen molar-refractivity contribution in [2.45, 2.75) is 19.1 Å². The van der Waals surface area contributed by atoms with Crippen LogP contribution in [0.2, 0.25) is 0 Å². The Bertz CT molecular complexity index is 536. The third-order valence-corrected chi connectivity index (χ3v) is 2.36. The lowest BCUT2D eigenvalue weighted by Gasteiger charge is -2.10. The number of halogens is 3. The van der Waals surface area contributed by atoms with Gasteiger partial charge < -0.3 is 10.3 Å². The summed E-state index contributed by atoms with van der Waals surface area (Å²) in [6.45, 7) is 0.0877. The topological polar surface area (TPSA) is 64.9 Å². The molecule has 96 valence electrons. The highest BCUT2D eigenvalue weighted by atomic mass is 19.4. The molecule has 0 atom stereocenters. The van der Waals surface area contributed by atoms with Crippen molar-refractivity contribution >= 4 is 0 Å². The van der Waals surface area contributed by atoms with Crippen LogP contribution in [0.4, 0.5) is 13.2 Å². The summed E-state index contributed by atoms with van der Waals surface area (Å²) in [5.74, 6) is 0.390. The van der Waals surface area contributed by atoms with Crippen molar-refractivity contribution in [1.82, 2.24) is 10.1 Å². The minimum Gasteiger partial charge on any atom is -0.339 e. The van der Waals surface area contributed by atoms with Crippen LogP contribution in [-0.4, -0.2) is 10.1 Å². The molecule has 2 rings (SSSR count). The minimum atomic E-state index is -4.40. The SMILES string of the molecule is NCc1noc(Cc2ccccc2C(F)(F)F)n1. The number of hydrogen-bond donors (Lipinski definition) is 1. The molecule has 0 fully saturated rings. The Morgan fingerprint density at radius 2 is 1.94 bits per heavy atom. The van der Waals surface area contributed by atoms with Gasteiger partial charge in [-0.3, -0.25) is 0 Å². The number of nitrogens with two attached hydrogens (primary N) is 1. The molecule has 0 aliphatic heterocycles. The van der Waals surface area contributed by atoms with E-state index in [9.17, 15) is 13.2 Å². The first-order chi connectivity index (χ1) is 8.50. The van der Waals surface area contributed by atoms with Gasteiger partial charge in [0.25, 0.3) is 0 Å². The fourth-order valence-electron chi connectivity index (χ4n) is 1.56. The van der Waals surface area contributed by atoms with Crippen LogP contribution < -0.4 is 5.73 Å². The molecule has 0 aliphatic rings. The average Bonchev–Trinajstić information content (AvgIpc) is 2.76. The molecular formula is C11H10F3N3O. The van der Waals surface area contributed by atoms with E-state index in [1.807, 2.05) is 0 Å². The van der Waals surface area contributed by atoms with Gasteiger partial charge in [-0.15, -0.1) is 0 Å². The molecule has 0 saturated heterocycles. The van der Waals surface area contributed by atoms with Crippen molar-refractivity contribution in [1.29, 1.82) is 0 Å². The first-order valence-electron chi connectivity index (χ1n) is 5.17. The van der Waals surface area contributed by atoms with E-state index in [0.717, 1.165) is 6.07 Å². The number of hydrogen-bond acceptors (Lipinski definition) is 4. The van der Waals surface area contributed by atoms with Crippen LogP contribution in [0, 0.1) is 0 Å². The summed E-state index contributed by atoms with van der Waals surface area (Å²) in [5, 5.41) is 3.53. The van der Waals surface area contributed by atoms with Gasteiger partial charge in [0.05, 0.1) is 18.5 Å². The summed E-state index contributed by atoms with van der Waals surface area (Å²) in [7, 11) is 0. The Labute approximate surface area is 101 Å². The van der Waals surface area contributed by atoms with Crippen molar-refractivity contribution in [3.05, 3.63) is 47.1 Å². The molecule has 18 heavy (non-hydrogen) atoms. The third-order valence-electron chi connectivity index (χ3n) is 2.36. The quantitative estimate of drug-likeness (QED) is 0.914. The molecule has 0 bridgehead atoms. The van der Waals surface area contributed by atoms with Crippen LogP contribution in [0.25, 0.3) is 0 Å². The number of rotatable bonds is 3. The molecule has 7 heteroatoms. The van der Waals surface area contributed by atoms with Gasteiger partial charge in [-0.2, -0.15) is 18.2 Å². The number of nitrogens with zero attached hydrogens (tertiary/aromatic N) is 2. The van der Waals surface area contributed by atoms with Crippen LogP contribution in [-0.2, 0) is 19.1 Å². The second-order valence-electron chi connectivity index (χ2n) is 3.64. The van der Waals surface area contributed by atoms with Gasteiger partial charge in [0.2, 0.25) is 5.89 Å². The maximum atomic E-state index is 12.7. The third kappa shape index (κ3) is 2.67. The van der Waals surface area contributed by atoms with Gasteiger partial charge in [-0.1, -0.05) is 23.4 Å². The second-order valence-corrected chi connectivity index (χ2v) is 3.64. The van der Waals surface area contributed by atoms with E-state index >= 15 is 0 Å². The highest BCUT2D eigenvalue weighted by molar-refractivity contribution is 5.31. The summed E-state index contributed by atoms with van der Waals surface area (Å²) in [6, 6.07) is 5.28. The van der Waals surface area contributed by atoms with E-state index in [2.05, 4.69) is 10.1 Å². The summed E-state index contributed by atoms with van der Waals surface area (Å²) in [5.41, 5.74) is 4.69. The maximum Gasteiger partial charge on any atom is 0.416 e. The van der Waals surface area contributed by atoms with E-state index in [0.29, 0.717) is 0 Å². The predicted octanol–water partition coefficient (Wildman–Crippen LogP) is 2.14. The average molecular weight is 257 g/mol. The normalized spacial score (nSPS) is 11.8. The molecule has 0 saturated carbocycles. The van der Waals surface area contributed by atoms with E-state index in [-0.39, 0.29) is 30.2 Å². The lowest BCUT2D eigenvalue weighted by Crippen LogP contribution is -2.09. The molecule has 1 aromatic carbocycles. The van der Waals surface area contributed by atoms with Gasteiger partial charge >= 0.3 is 6.18 Å². The van der Waals surface area contributed by atoms with Gasteiger partial charge in [0.1, 0.15) is 0 Å². The maximum absolute atomic E-state index is 12.7. The highest BCUT2D eigenvalue weighted by Gasteiger charge is 2.33. The second kappa shape index (κ2) is 4.77. The zero-order chi connectivity index (χ0) is 13.2. The Morgan fingerprint density at radius 3 is 2.56 bits per heavy atom. The Hall–Kier alpha value is -1.89. The first kappa shape index (κ1) is 12.6. The molecule has 0 amide bonds. The minimum absolute atomic E-state index is 0.0668.